The number of nitrogen functional groups attached to an aromatic ring is 1. The van der Waals surface area contributed by atoms with Crippen molar-refractivity contribution in [1.29, 1.82) is 0 Å². The van der Waals surface area contributed by atoms with Gasteiger partial charge in [-0.25, -0.2) is 0 Å². The summed E-state index contributed by atoms with van der Waals surface area (Å²) in [5, 5.41) is -0.215. The van der Waals surface area contributed by atoms with E-state index in [0.717, 1.165) is 6.07 Å². The van der Waals surface area contributed by atoms with Crippen molar-refractivity contribution < 1.29 is 17.9 Å². The number of anilines is 1. The number of alkyl halides is 3. The summed E-state index contributed by atoms with van der Waals surface area (Å²) in [4.78, 5) is 0. The van der Waals surface area contributed by atoms with E-state index < -0.39 is 12.1 Å². The largest absolute Gasteiger partial charge is 0.573 e. The van der Waals surface area contributed by atoms with Gasteiger partial charge in [0.1, 0.15) is 10.8 Å². The molecule has 86 valence electrons. The molecule has 1 aromatic rings. The minimum Gasteiger partial charge on any atom is -0.404 e. The number of halogens is 5. The van der Waals surface area contributed by atoms with Crippen molar-refractivity contribution in [3.8, 4) is 5.75 Å². The Morgan fingerprint density at radius 3 is 2.40 bits per heavy atom. The lowest BCUT2D eigenvalue weighted by molar-refractivity contribution is -0.274. The number of hydrogen-bond donors (Lipinski definition) is 2. The van der Waals surface area contributed by atoms with Crippen LogP contribution in [0.5, 0.6) is 5.75 Å². The molecule has 0 aliphatic heterocycles. The van der Waals surface area contributed by atoms with Gasteiger partial charge in [-0.05, 0) is 12.1 Å². The summed E-state index contributed by atoms with van der Waals surface area (Å²) in [5.74, 6) is 4.52. The second-order valence-corrected chi connectivity index (χ2v) is 2.69. The molecular weight excluding hydrogens is 256 g/mol. The van der Waals surface area contributed by atoms with Gasteiger partial charge in [-0.2, -0.15) is 0 Å². The summed E-state index contributed by atoms with van der Waals surface area (Å²) < 4.78 is 39.1. The molecular formula is C7H7Cl2F3N2O. The average Bonchev–Trinajstić information content (AvgIpc) is 2.06. The molecule has 0 fully saturated rings. The maximum Gasteiger partial charge on any atom is 0.573 e. The molecule has 0 unspecified atom stereocenters. The number of benzene rings is 1. The summed E-state index contributed by atoms with van der Waals surface area (Å²) in [7, 11) is 0. The van der Waals surface area contributed by atoms with E-state index in [2.05, 4.69) is 10.2 Å². The molecule has 1 rings (SSSR count). The maximum absolute atomic E-state index is 11.8. The minimum atomic E-state index is -4.77. The van der Waals surface area contributed by atoms with Gasteiger partial charge in [0.25, 0.3) is 0 Å². The topological polar surface area (TPSA) is 47.3 Å². The van der Waals surface area contributed by atoms with Gasteiger partial charge in [0, 0.05) is 0 Å². The maximum atomic E-state index is 11.8. The van der Waals surface area contributed by atoms with Crippen LogP contribution in [-0.2, 0) is 0 Å². The molecule has 0 aromatic heterocycles. The highest BCUT2D eigenvalue weighted by Gasteiger charge is 2.32. The van der Waals surface area contributed by atoms with Crippen molar-refractivity contribution >= 4 is 29.7 Å². The van der Waals surface area contributed by atoms with E-state index in [1.165, 1.54) is 12.1 Å². The van der Waals surface area contributed by atoms with Crippen LogP contribution < -0.4 is 16.0 Å². The molecule has 0 heterocycles. The first-order chi connectivity index (χ1) is 6.44. The first-order valence-electron chi connectivity index (χ1n) is 3.45. The third kappa shape index (κ3) is 4.03. The summed E-state index contributed by atoms with van der Waals surface area (Å²) in [6.07, 6.45) is -4.77. The highest BCUT2D eigenvalue weighted by atomic mass is 35.5. The predicted molar refractivity (Wildman–Crippen MR) is 53.2 cm³/mol. The lowest BCUT2D eigenvalue weighted by Crippen LogP contribution is -2.18. The van der Waals surface area contributed by atoms with Gasteiger partial charge in [-0.1, -0.05) is 17.7 Å². The van der Waals surface area contributed by atoms with Crippen molar-refractivity contribution in [3.63, 3.8) is 0 Å². The standard InChI is InChI=1S/C7H6ClF3N2O.ClH/c8-6-4(13-12)2-1-3-5(6)14-7(9,10)11;/h1-3,13H,12H2;1H. The molecule has 3 nitrogen and oxygen atoms in total. The molecule has 0 atom stereocenters. The van der Waals surface area contributed by atoms with Gasteiger partial charge < -0.3 is 10.2 Å². The SMILES string of the molecule is Cl.NNc1cccc(OC(F)(F)F)c1Cl. The Balaban J connectivity index is 0.00000196. The monoisotopic (exact) mass is 262 g/mol. The van der Waals surface area contributed by atoms with Gasteiger partial charge >= 0.3 is 6.36 Å². The summed E-state index contributed by atoms with van der Waals surface area (Å²) >= 11 is 5.55. The van der Waals surface area contributed by atoms with Crippen LogP contribution in [0.25, 0.3) is 0 Å². The van der Waals surface area contributed by atoms with Crippen molar-refractivity contribution in [2.24, 2.45) is 5.84 Å². The van der Waals surface area contributed by atoms with Crippen LogP contribution in [0.3, 0.4) is 0 Å². The Hall–Kier alpha value is -0.850. The molecule has 0 radical (unpaired) electrons. The average molecular weight is 263 g/mol. The fraction of sp³-hybridized carbons (Fsp3) is 0.143. The zero-order valence-electron chi connectivity index (χ0n) is 7.14. The third-order valence-electron chi connectivity index (χ3n) is 1.34. The molecule has 0 spiro atoms. The highest BCUT2D eigenvalue weighted by molar-refractivity contribution is 6.34. The second-order valence-electron chi connectivity index (χ2n) is 2.31. The molecule has 0 bridgehead atoms. The fourth-order valence-electron chi connectivity index (χ4n) is 0.826. The molecule has 0 amide bonds. The van der Waals surface area contributed by atoms with E-state index in [4.69, 9.17) is 17.4 Å². The number of nitrogens with one attached hydrogen (secondary N) is 1. The molecule has 0 aliphatic rings. The van der Waals surface area contributed by atoms with Crippen LogP contribution in [0, 0.1) is 0 Å². The zero-order valence-corrected chi connectivity index (χ0v) is 8.71. The van der Waals surface area contributed by atoms with Gasteiger partial charge in [-0.3, -0.25) is 5.84 Å². The quantitative estimate of drug-likeness (QED) is 0.637. The molecule has 15 heavy (non-hydrogen) atoms. The van der Waals surface area contributed by atoms with Crippen molar-refractivity contribution in [2.75, 3.05) is 5.43 Å². The molecule has 1 aromatic carbocycles. The van der Waals surface area contributed by atoms with Crippen LogP contribution in [0.2, 0.25) is 5.02 Å². The van der Waals surface area contributed by atoms with Crippen LogP contribution in [-0.4, -0.2) is 6.36 Å². The van der Waals surface area contributed by atoms with E-state index in [0.29, 0.717) is 0 Å². The number of ether oxygens (including phenoxy) is 1. The van der Waals surface area contributed by atoms with Crippen LogP contribution >= 0.6 is 24.0 Å². The fourth-order valence-corrected chi connectivity index (χ4v) is 1.04. The van der Waals surface area contributed by atoms with Gasteiger partial charge in [-0.15, -0.1) is 25.6 Å². The van der Waals surface area contributed by atoms with Gasteiger partial charge in [0.15, 0.2) is 0 Å². The van der Waals surface area contributed by atoms with E-state index >= 15 is 0 Å². The van der Waals surface area contributed by atoms with Crippen molar-refractivity contribution in [1.82, 2.24) is 0 Å². The van der Waals surface area contributed by atoms with Crippen molar-refractivity contribution in [3.05, 3.63) is 23.2 Å². The number of nitrogens with two attached hydrogens (primary N) is 1. The number of rotatable bonds is 2. The van der Waals surface area contributed by atoms with Crippen LogP contribution in [0.15, 0.2) is 18.2 Å². The van der Waals surface area contributed by atoms with Crippen LogP contribution in [0.1, 0.15) is 0 Å². The Morgan fingerprint density at radius 1 is 1.33 bits per heavy atom. The van der Waals surface area contributed by atoms with Gasteiger partial charge in [0.2, 0.25) is 0 Å². The zero-order chi connectivity index (χ0) is 10.8. The normalized spacial score (nSPS) is 10.5. The number of hydrazine groups is 1. The first-order valence-corrected chi connectivity index (χ1v) is 3.82. The molecule has 0 saturated heterocycles. The van der Waals surface area contributed by atoms with E-state index in [9.17, 15) is 13.2 Å². The predicted octanol–water partition coefficient (Wildman–Crippen LogP) is 2.95. The number of hydrogen-bond acceptors (Lipinski definition) is 3. The molecule has 8 heteroatoms. The Morgan fingerprint density at radius 2 is 1.93 bits per heavy atom. The van der Waals surface area contributed by atoms with E-state index in [1.807, 2.05) is 0 Å². The highest BCUT2D eigenvalue weighted by Crippen LogP contribution is 2.34. The lowest BCUT2D eigenvalue weighted by atomic mass is 10.3. The molecule has 0 saturated carbocycles. The van der Waals surface area contributed by atoms with Crippen LogP contribution in [0.4, 0.5) is 18.9 Å². The molecule has 3 N–H and O–H groups in total. The van der Waals surface area contributed by atoms with Gasteiger partial charge in [0.05, 0.1) is 5.69 Å². The summed E-state index contributed by atoms with van der Waals surface area (Å²) in [6.45, 7) is 0. The van der Waals surface area contributed by atoms with E-state index in [1.54, 1.807) is 0 Å². The first kappa shape index (κ1) is 14.2. The van der Waals surface area contributed by atoms with E-state index in [-0.39, 0.29) is 23.1 Å². The Bertz CT molecular complexity index is 333. The lowest BCUT2D eigenvalue weighted by Gasteiger charge is -2.12. The Labute approximate surface area is 94.7 Å². The Kier molecular flexibility index (Phi) is 4.99. The third-order valence-corrected chi connectivity index (χ3v) is 1.73. The minimum absolute atomic E-state index is 0. The smallest absolute Gasteiger partial charge is 0.404 e. The second kappa shape index (κ2) is 5.29. The summed E-state index contributed by atoms with van der Waals surface area (Å²) in [6, 6.07) is 3.85. The van der Waals surface area contributed by atoms with Crippen molar-refractivity contribution in [2.45, 2.75) is 6.36 Å². The molecule has 0 aliphatic carbocycles. The summed E-state index contributed by atoms with van der Waals surface area (Å²) in [5.41, 5.74) is 2.30.